The standard InChI is InChI=1S/C15H20ClNO3S/c1-15(2,8-7-14(19)20)9-10-17-13(18)6-4-11-3-5-12(16)21-11/h3-6H,7-10H2,1-2H3,(H,17,18)(H,19,20). The number of halogens is 1. The Labute approximate surface area is 133 Å². The largest absolute Gasteiger partial charge is 0.481 e. The summed E-state index contributed by atoms with van der Waals surface area (Å²) in [5.41, 5.74) is -0.101. The summed E-state index contributed by atoms with van der Waals surface area (Å²) in [6.07, 6.45) is 4.69. The molecule has 0 saturated heterocycles. The van der Waals surface area contributed by atoms with E-state index in [2.05, 4.69) is 5.32 Å². The van der Waals surface area contributed by atoms with Gasteiger partial charge in [0.15, 0.2) is 0 Å². The number of carboxylic acid groups (broad SMARTS) is 1. The van der Waals surface area contributed by atoms with Crippen molar-refractivity contribution >= 4 is 40.9 Å². The Balaban J connectivity index is 2.29. The van der Waals surface area contributed by atoms with Crippen molar-refractivity contribution in [1.29, 1.82) is 0 Å². The maximum Gasteiger partial charge on any atom is 0.303 e. The van der Waals surface area contributed by atoms with Crippen LogP contribution in [0.3, 0.4) is 0 Å². The van der Waals surface area contributed by atoms with E-state index in [0.717, 1.165) is 11.3 Å². The molecule has 0 aliphatic rings. The van der Waals surface area contributed by atoms with Crippen LogP contribution in [0.25, 0.3) is 6.08 Å². The van der Waals surface area contributed by atoms with Crippen LogP contribution in [-0.4, -0.2) is 23.5 Å². The van der Waals surface area contributed by atoms with Crippen LogP contribution in [0.4, 0.5) is 0 Å². The molecule has 0 radical (unpaired) electrons. The summed E-state index contributed by atoms with van der Waals surface area (Å²) in [7, 11) is 0. The van der Waals surface area contributed by atoms with Gasteiger partial charge in [0.25, 0.3) is 0 Å². The van der Waals surface area contributed by atoms with E-state index in [1.807, 2.05) is 19.9 Å². The number of carboxylic acids is 1. The average molecular weight is 330 g/mol. The third-order valence-electron chi connectivity index (χ3n) is 3.11. The summed E-state index contributed by atoms with van der Waals surface area (Å²) in [5.74, 6) is -0.946. The predicted octanol–water partition coefficient (Wildman–Crippen LogP) is 3.81. The molecule has 4 nitrogen and oxygen atoms in total. The number of rotatable bonds is 8. The minimum Gasteiger partial charge on any atom is -0.481 e. The first kappa shape index (κ1) is 17.7. The molecule has 6 heteroatoms. The maximum atomic E-state index is 11.7. The Bertz CT molecular complexity index is 523. The SMILES string of the molecule is CC(C)(CCNC(=O)C=Cc1ccc(Cl)s1)CCC(=O)O. The molecule has 1 rings (SSSR count). The van der Waals surface area contributed by atoms with Crippen molar-refractivity contribution in [2.24, 2.45) is 5.41 Å². The molecular formula is C15H20ClNO3S. The number of amides is 1. The van der Waals surface area contributed by atoms with Gasteiger partial charge >= 0.3 is 5.97 Å². The number of hydrogen-bond donors (Lipinski definition) is 2. The highest BCUT2D eigenvalue weighted by Crippen LogP contribution is 2.26. The highest BCUT2D eigenvalue weighted by Gasteiger charge is 2.18. The fourth-order valence-electron chi connectivity index (χ4n) is 1.73. The van der Waals surface area contributed by atoms with Gasteiger partial charge in [-0.05, 0) is 36.5 Å². The van der Waals surface area contributed by atoms with E-state index < -0.39 is 5.97 Å². The third kappa shape index (κ3) is 7.87. The Morgan fingerprint density at radius 1 is 1.38 bits per heavy atom. The number of carbonyl (C=O) groups excluding carboxylic acids is 1. The number of aliphatic carboxylic acids is 1. The normalized spacial score (nSPS) is 11.8. The van der Waals surface area contributed by atoms with Crippen molar-refractivity contribution in [3.8, 4) is 0 Å². The van der Waals surface area contributed by atoms with Gasteiger partial charge in [-0.1, -0.05) is 25.4 Å². The summed E-state index contributed by atoms with van der Waals surface area (Å²) < 4.78 is 0.690. The molecule has 116 valence electrons. The molecule has 0 aliphatic heterocycles. The molecule has 1 aromatic rings. The first-order valence-corrected chi connectivity index (χ1v) is 7.91. The molecule has 21 heavy (non-hydrogen) atoms. The van der Waals surface area contributed by atoms with Crippen LogP contribution in [0, 0.1) is 5.41 Å². The fourth-order valence-corrected chi connectivity index (χ4v) is 2.69. The molecule has 0 bridgehead atoms. The van der Waals surface area contributed by atoms with Crippen LogP contribution in [0.5, 0.6) is 0 Å². The van der Waals surface area contributed by atoms with Crippen LogP contribution in [0.15, 0.2) is 18.2 Å². The van der Waals surface area contributed by atoms with Gasteiger partial charge in [0.2, 0.25) is 5.91 Å². The molecule has 0 aliphatic carbocycles. The van der Waals surface area contributed by atoms with Gasteiger partial charge in [-0.25, -0.2) is 0 Å². The number of nitrogens with one attached hydrogen (secondary N) is 1. The summed E-state index contributed by atoms with van der Waals surface area (Å²) in [6.45, 7) is 4.54. The van der Waals surface area contributed by atoms with Crippen LogP contribution in [-0.2, 0) is 9.59 Å². The highest BCUT2D eigenvalue weighted by atomic mass is 35.5. The quantitative estimate of drug-likeness (QED) is 0.713. The van der Waals surface area contributed by atoms with Crippen molar-refractivity contribution < 1.29 is 14.7 Å². The number of thiophene rings is 1. The van der Waals surface area contributed by atoms with Crippen LogP contribution in [0.1, 0.15) is 38.0 Å². The van der Waals surface area contributed by atoms with Gasteiger partial charge in [0.1, 0.15) is 0 Å². The summed E-state index contributed by atoms with van der Waals surface area (Å²) in [5, 5.41) is 11.5. The smallest absolute Gasteiger partial charge is 0.303 e. The van der Waals surface area contributed by atoms with E-state index in [4.69, 9.17) is 16.7 Å². The van der Waals surface area contributed by atoms with Crippen molar-refractivity contribution in [1.82, 2.24) is 5.32 Å². The van der Waals surface area contributed by atoms with Gasteiger partial charge < -0.3 is 10.4 Å². The second kappa shape index (κ2) is 8.20. The lowest BCUT2D eigenvalue weighted by molar-refractivity contribution is -0.137. The molecule has 0 aromatic carbocycles. The highest BCUT2D eigenvalue weighted by molar-refractivity contribution is 7.17. The predicted molar refractivity (Wildman–Crippen MR) is 86.6 cm³/mol. The van der Waals surface area contributed by atoms with Gasteiger partial charge in [0.05, 0.1) is 4.34 Å². The second-order valence-corrected chi connectivity index (χ2v) is 7.32. The maximum absolute atomic E-state index is 11.7. The molecule has 2 N–H and O–H groups in total. The monoisotopic (exact) mass is 329 g/mol. The van der Waals surface area contributed by atoms with E-state index in [0.29, 0.717) is 17.3 Å². The van der Waals surface area contributed by atoms with E-state index in [1.165, 1.54) is 17.4 Å². The summed E-state index contributed by atoms with van der Waals surface area (Å²) in [6, 6.07) is 3.64. The van der Waals surface area contributed by atoms with Crippen LogP contribution in [0.2, 0.25) is 4.34 Å². The number of hydrogen-bond acceptors (Lipinski definition) is 3. The van der Waals surface area contributed by atoms with Crippen molar-refractivity contribution in [3.05, 3.63) is 27.4 Å². The molecule has 0 fully saturated rings. The zero-order valence-electron chi connectivity index (χ0n) is 12.2. The van der Waals surface area contributed by atoms with E-state index >= 15 is 0 Å². The summed E-state index contributed by atoms with van der Waals surface area (Å²) in [4.78, 5) is 23.1. The van der Waals surface area contributed by atoms with Crippen LogP contribution < -0.4 is 5.32 Å². The Kier molecular flexibility index (Phi) is 6.92. The topological polar surface area (TPSA) is 66.4 Å². The molecule has 1 aromatic heterocycles. The molecule has 1 amide bonds. The first-order valence-electron chi connectivity index (χ1n) is 6.71. The first-order chi connectivity index (χ1) is 9.78. The van der Waals surface area contributed by atoms with Gasteiger partial charge in [-0.3, -0.25) is 9.59 Å². The fraction of sp³-hybridized carbons (Fsp3) is 0.467. The Morgan fingerprint density at radius 3 is 2.67 bits per heavy atom. The van der Waals surface area contributed by atoms with E-state index in [9.17, 15) is 9.59 Å². The molecule has 0 unspecified atom stereocenters. The summed E-state index contributed by atoms with van der Waals surface area (Å²) >= 11 is 7.21. The second-order valence-electron chi connectivity index (χ2n) is 5.57. The molecule has 0 atom stereocenters. The third-order valence-corrected chi connectivity index (χ3v) is 4.31. The van der Waals surface area contributed by atoms with E-state index in [1.54, 1.807) is 12.1 Å². The number of carbonyl (C=O) groups is 2. The zero-order valence-corrected chi connectivity index (χ0v) is 13.8. The van der Waals surface area contributed by atoms with Gasteiger partial charge in [-0.15, -0.1) is 11.3 Å². The van der Waals surface area contributed by atoms with Crippen molar-refractivity contribution in [3.63, 3.8) is 0 Å². The van der Waals surface area contributed by atoms with Crippen molar-refractivity contribution in [2.45, 2.75) is 33.1 Å². The molecule has 0 spiro atoms. The Morgan fingerprint density at radius 2 is 2.10 bits per heavy atom. The lowest BCUT2D eigenvalue weighted by atomic mass is 9.84. The van der Waals surface area contributed by atoms with Gasteiger partial charge in [0, 0.05) is 23.9 Å². The Hall–Kier alpha value is -1.33. The minimum absolute atomic E-state index is 0.101. The minimum atomic E-state index is -0.787. The van der Waals surface area contributed by atoms with Crippen LogP contribution >= 0.6 is 22.9 Å². The van der Waals surface area contributed by atoms with Gasteiger partial charge in [-0.2, -0.15) is 0 Å². The molecular weight excluding hydrogens is 310 g/mol. The molecule has 0 saturated carbocycles. The average Bonchev–Trinajstić information content (AvgIpc) is 2.80. The van der Waals surface area contributed by atoms with E-state index in [-0.39, 0.29) is 17.7 Å². The van der Waals surface area contributed by atoms with Crippen molar-refractivity contribution in [2.75, 3.05) is 6.54 Å². The zero-order chi connectivity index (χ0) is 15.9. The lowest BCUT2D eigenvalue weighted by Gasteiger charge is -2.23. The lowest BCUT2D eigenvalue weighted by Crippen LogP contribution is -2.27. The molecule has 1 heterocycles.